The summed E-state index contributed by atoms with van der Waals surface area (Å²) in [6.07, 6.45) is 17.4. The smallest absolute Gasteiger partial charge is 0.148 e. The molecule has 0 fully saturated rings. The van der Waals surface area contributed by atoms with Gasteiger partial charge >= 0.3 is 0 Å². The van der Waals surface area contributed by atoms with E-state index in [1.165, 1.54) is 77.0 Å². The minimum atomic E-state index is -0.150. The molecule has 0 aliphatic carbocycles. The molecule has 0 bridgehead atoms. The van der Waals surface area contributed by atoms with Gasteiger partial charge in [0.15, 0.2) is 0 Å². The molecule has 0 spiro atoms. The zero-order valence-electron chi connectivity index (χ0n) is 13.2. The Balaban J connectivity index is 2.98. The average molecular weight is 289 g/mol. The van der Waals surface area contributed by atoms with Gasteiger partial charge in [-0.2, -0.15) is 0 Å². The molecule has 1 atom stereocenters. The first-order valence-electron chi connectivity index (χ1n) is 8.30. The maximum absolute atomic E-state index is 5.43. The van der Waals surface area contributed by atoms with Crippen LogP contribution in [0.25, 0.3) is 0 Å². The van der Waals surface area contributed by atoms with Gasteiger partial charge in [-0.15, -0.1) is 0 Å². The largest absolute Gasteiger partial charge is 0.468 e. The Morgan fingerprint density at radius 1 is 0.833 bits per heavy atom. The highest BCUT2D eigenvalue weighted by Crippen LogP contribution is 2.16. The van der Waals surface area contributed by atoms with Gasteiger partial charge in [0.25, 0.3) is 0 Å². The molecule has 0 saturated heterocycles. The molecule has 18 heavy (non-hydrogen) atoms. The third kappa shape index (κ3) is 14.5. The van der Waals surface area contributed by atoms with E-state index in [9.17, 15) is 0 Å². The van der Waals surface area contributed by atoms with Gasteiger partial charge in [0, 0.05) is 0 Å². The van der Waals surface area contributed by atoms with E-state index in [2.05, 4.69) is 13.8 Å². The molecule has 0 N–H and O–H groups in total. The van der Waals surface area contributed by atoms with Crippen LogP contribution >= 0.6 is 0 Å². The second-order valence-electron chi connectivity index (χ2n) is 5.88. The van der Waals surface area contributed by atoms with Crippen LogP contribution < -0.4 is 0 Å². The first-order valence-corrected chi connectivity index (χ1v) is 10.5. The van der Waals surface area contributed by atoms with Crippen LogP contribution in [0, 0.1) is 0 Å². The molecule has 1 nitrogen and oxygen atoms in total. The summed E-state index contributed by atoms with van der Waals surface area (Å²) in [7, 11) is 0.810. The van der Waals surface area contributed by atoms with E-state index in [-0.39, 0.29) is 9.76 Å². The number of hydrogen-bond donors (Lipinski definition) is 0. The maximum Gasteiger partial charge on any atom is 0.148 e. The molecule has 0 rings (SSSR count). The lowest BCUT2D eigenvalue weighted by molar-refractivity contribution is 0.536. The van der Waals surface area contributed by atoms with Crippen LogP contribution in [0.3, 0.4) is 0 Å². The van der Waals surface area contributed by atoms with Gasteiger partial charge in [-0.25, -0.2) is 0 Å². The zero-order valence-corrected chi connectivity index (χ0v) is 16.6. The Hall–Kier alpha value is 0.394. The molecule has 0 aliphatic rings. The number of unbranched alkanes of at least 4 members (excludes halogenated alkanes) is 10. The van der Waals surface area contributed by atoms with Crippen molar-refractivity contribution >= 4 is 20.2 Å². The van der Waals surface area contributed by atoms with Crippen LogP contribution in [0.15, 0.2) is 0 Å². The summed E-state index contributed by atoms with van der Waals surface area (Å²) in [6, 6.07) is 0. The summed E-state index contributed by atoms with van der Waals surface area (Å²) in [5.41, 5.74) is 0.918. The fraction of sp³-hybridized carbons (Fsp3) is 1.00. The molecule has 0 amide bonds. The van der Waals surface area contributed by atoms with Gasteiger partial charge in [0.1, 0.15) is 20.2 Å². The summed E-state index contributed by atoms with van der Waals surface area (Å²) < 4.78 is 5.43. The van der Waals surface area contributed by atoms with Crippen LogP contribution in [0.2, 0.25) is 5.54 Å². The first kappa shape index (κ1) is 18.4. The first-order chi connectivity index (χ1) is 8.81. The summed E-state index contributed by atoms with van der Waals surface area (Å²) in [6.45, 7) is 4.67. The third-order valence-corrected chi connectivity index (χ3v) is 6.06. The molecule has 3 heteroatoms. The van der Waals surface area contributed by atoms with Crippen molar-refractivity contribution in [1.29, 1.82) is 0 Å². The van der Waals surface area contributed by atoms with E-state index >= 15 is 0 Å². The van der Waals surface area contributed by atoms with Crippen molar-refractivity contribution in [3.8, 4) is 0 Å². The van der Waals surface area contributed by atoms with Crippen LogP contribution in [-0.2, 0) is 4.12 Å². The van der Waals surface area contributed by atoms with E-state index in [4.69, 9.17) is 4.12 Å². The molecule has 1 unspecified atom stereocenters. The summed E-state index contributed by atoms with van der Waals surface area (Å²) in [5.74, 6) is 0. The highest BCUT2D eigenvalue weighted by atomic mass is 28.3. The van der Waals surface area contributed by atoms with Gasteiger partial charge in [-0.3, -0.25) is 0 Å². The minimum absolute atomic E-state index is 0.150. The highest BCUT2D eigenvalue weighted by molar-refractivity contribution is 6.35. The van der Waals surface area contributed by atoms with E-state index in [1.807, 2.05) is 0 Å². The Kier molecular flexibility index (Phi) is 15.8. The standard InChI is InChI=1S/C15H36OSi2/c1-3-4-5-6-7-8-9-10-11-12-13-14-15(2)18-16-17/h15H,3-14,18H2,1-2,17H3. The topological polar surface area (TPSA) is 9.23 Å². The van der Waals surface area contributed by atoms with Crippen LogP contribution in [0.4, 0.5) is 0 Å². The molecule has 0 aromatic heterocycles. The fourth-order valence-electron chi connectivity index (χ4n) is 2.52. The quantitative estimate of drug-likeness (QED) is 0.348. The van der Waals surface area contributed by atoms with Crippen molar-refractivity contribution in [2.75, 3.05) is 0 Å². The zero-order chi connectivity index (χ0) is 13.5. The molecule has 0 aromatic carbocycles. The minimum Gasteiger partial charge on any atom is -0.468 e. The van der Waals surface area contributed by atoms with Gasteiger partial charge < -0.3 is 4.12 Å². The second-order valence-corrected chi connectivity index (χ2v) is 9.92. The Bertz CT molecular complexity index is 153. The monoisotopic (exact) mass is 288 g/mol. The van der Waals surface area contributed by atoms with Crippen molar-refractivity contribution < 1.29 is 4.12 Å². The Labute approximate surface area is 121 Å². The summed E-state index contributed by atoms with van der Waals surface area (Å²) in [4.78, 5) is 0. The second kappa shape index (κ2) is 15.5. The van der Waals surface area contributed by atoms with E-state index < -0.39 is 0 Å². The molecule has 0 saturated carbocycles. The van der Waals surface area contributed by atoms with Gasteiger partial charge in [-0.1, -0.05) is 90.9 Å². The van der Waals surface area contributed by atoms with Crippen molar-refractivity contribution in [3.05, 3.63) is 0 Å². The van der Waals surface area contributed by atoms with Crippen molar-refractivity contribution in [3.63, 3.8) is 0 Å². The van der Waals surface area contributed by atoms with E-state index in [1.54, 1.807) is 0 Å². The normalized spacial score (nSPS) is 13.7. The van der Waals surface area contributed by atoms with E-state index in [0.29, 0.717) is 0 Å². The van der Waals surface area contributed by atoms with Crippen LogP contribution in [0.5, 0.6) is 0 Å². The van der Waals surface area contributed by atoms with Gasteiger partial charge in [0.05, 0.1) is 0 Å². The number of hydrogen-bond acceptors (Lipinski definition) is 1. The molecule has 110 valence electrons. The average Bonchev–Trinajstić information content (AvgIpc) is 2.36. The predicted molar refractivity (Wildman–Crippen MR) is 90.1 cm³/mol. The summed E-state index contributed by atoms with van der Waals surface area (Å²) >= 11 is 0. The Morgan fingerprint density at radius 3 is 1.72 bits per heavy atom. The SMILES string of the molecule is CCCCCCCCCCCCCC(C)[SiH2]O[SiH3]. The molecule has 0 heterocycles. The lowest BCUT2D eigenvalue weighted by Gasteiger charge is -2.08. The lowest BCUT2D eigenvalue weighted by Crippen LogP contribution is -2.02. The van der Waals surface area contributed by atoms with Crippen LogP contribution in [-0.4, -0.2) is 20.2 Å². The highest BCUT2D eigenvalue weighted by Gasteiger charge is 2.01. The van der Waals surface area contributed by atoms with Crippen LogP contribution in [0.1, 0.15) is 90.9 Å². The summed E-state index contributed by atoms with van der Waals surface area (Å²) in [5, 5.41) is 0. The molecular formula is C15H36OSi2. The predicted octanol–water partition coefficient (Wildman–Crippen LogP) is 3.88. The molecule has 0 radical (unpaired) electrons. The number of rotatable bonds is 14. The Morgan fingerprint density at radius 2 is 1.28 bits per heavy atom. The van der Waals surface area contributed by atoms with Gasteiger partial charge in [0.2, 0.25) is 0 Å². The molecule has 0 aliphatic heterocycles. The van der Waals surface area contributed by atoms with Crippen molar-refractivity contribution in [2.45, 2.75) is 96.4 Å². The molecule has 0 aromatic rings. The third-order valence-electron chi connectivity index (χ3n) is 3.75. The fourth-order valence-corrected chi connectivity index (χ4v) is 5.26. The van der Waals surface area contributed by atoms with Gasteiger partial charge in [-0.05, 0) is 5.54 Å². The molecular weight excluding hydrogens is 252 g/mol. The lowest BCUT2D eigenvalue weighted by atomic mass is 10.0. The van der Waals surface area contributed by atoms with Crippen molar-refractivity contribution in [2.24, 2.45) is 0 Å². The van der Waals surface area contributed by atoms with E-state index in [0.717, 1.165) is 16.0 Å². The maximum atomic E-state index is 5.43. The van der Waals surface area contributed by atoms with Crippen molar-refractivity contribution in [1.82, 2.24) is 0 Å².